The third-order valence-electron chi connectivity index (χ3n) is 9.69. The number of hydrogen-bond donors (Lipinski definition) is 2. The SMILES string of the molecule is CC1=CC(CNC(=O)C2CCC(C#N)CC2)C(C(C)C)CC1CC(=O)N1CCN(C2CCCCN2)CC1. The van der Waals surface area contributed by atoms with Gasteiger partial charge in [0.15, 0.2) is 0 Å². The lowest BCUT2D eigenvalue weighted by Gasteiger charge is -2.42. The molecule has 2 saturated heterocycles. The number of allylic oxidation sites excluding steroid dienone is 1. The van der Waals surface area contributed by atoms with Gasteiger partial charge in [-0.05, 0) is 88.5 Å². The van der Waals surface area contributed by atoms with Crippen LogP contribution in [0.1, 0.15) is 78.6 Å². The molecule has 0 radical (unpaired) electrons. The van der Waals surface area contributed by atoms with E-state index in [1.807, 2.05) is 0 Å². The highest BCUT2D eigenvalue weighted by atomic mass is 16.2. The van der Waals surface area contributed by atoms with Crippen molar-refractivity contribution in [1.82, 2.24) is 20.4 Å². The lowest BCUT2D eigenvalue weighted by molar-refractivity contribution is -0.134. The molecule has 2 heterocycles. The first-order valence-corrected chi connectivity index (χ1v) is 15.0. The maximum atomic E-state index is 13.3. The van der Waals surface area contributed by atoms with E-state index in [0.717, 1.165) is 64.8 Å². The molecular formula is C30H49N5O2. The van der Waals surface area contributed by atoms with Gasteiger partial charge in [-0.3, -0.25) is 14.5 Å². The third-order valence-corrected chi connectivity index (χ3v) is 9.69. The lowest BCUT2D eigenvalue weighted by atomic mass is 9.69. The van der Waals surface area contributed by atoms with Crippen molar-refractivity contribution in [2.45, 2.75) is 84.7 Å². The van der Waals surface area contributed by atoms with E-state index in [1.165, 1.54) is 24.8 Å². The number of hydrogen-bond acceptors (Lipinski definition) is 5. The van der Waals surface area contributed by atoms with Crippen molar-refractivity contribution in [3.63, 3.8) is 0 Å². The number of piperidine rings is 1. The summed E-state index contributed by atoms with van der Waals surface area (Å²) in [5.74, 6) is 2.21. The summed E-state index contributed by atoms with van der Waals surface area (Å²) in [6, 6.07) is 2.35. The molecule has 7 nitrogen and oxygen atoms in total. The second kappa shape index (κ2) is 13.2. The number of carbonyl (C=O) groups excluding carboxylic acids is 2. The molecule has 0 aromatic heterocycles. The van der Waals surface area contributed by atoms with E-state index in [4.69, 9.17) is 5.26 Å². The summed E-state index contributed by atoms with van der Waals surface area (Å²) in [5.41, 5.74) is 1.31. The van der Waals surface area contributed by atoms with Crippen LogP contribution in [0.5, 0.6) is 0 Å². The van der Waals surface area contributed by atoms with Crippen LogP contribution in [0.25, 0.3) is 0 Å². The number of piperazine rings is 1. The minimum atomic E-state index is 0.0514. The molecule has 206 valence electrons. The van der Waals surface area contributed by atoms with Crippen LogP contribution in [0.3, 0.4) is 0 Å². The maximum Gasteiger partial charge on any atom is 0.223 e. The van der Waals surface area contributed by atoms with Gasteiger partial charge in [-0.15, -0.1) is 0 Å². The van der Waals surface area contributed by atoms with Gasteiger partial charge in [0.25, 0.3) is 0 Å². The van der Waals surface area contributed by atoms with Gasteiger partial charge < -0.3 is 15.5 Å². The Labute approximate surface area is 224 Å². The molecule has 0 aromatic rings. The topological polar surface area (TPSA) is 88.5 Å². The van der Waals surface area contributed by atoms with Gasteiger partial charge in [-0.25, -0.2) is 0 Å². The fourth-order valence-electron chi connectivity index (χ4n) is 7.12. The van der Waals surface area contributed by atoms with E-state index in [0.29, 0.717) is 48.7 Å². The Hall–Kier alpha value is -1.91. The fraction of sp³-hybridized carbons (Fsp3) is 0.833. The Morgan fingerprint density at radius 1 is 1.11 bits per heavy atom. The van der Waals surface area contributed by atoms with E-state index in [2.05, 4.69) is 53.3 Å². The van der Waals surface area contributed by atoms with Gasteiger partial charge in [0.1, 0.15) is 0 Å². The monoisotopic (exact) mass is 511 g/mol. The molecule has 2 aliphatic heterocycles. The van der Waals surface area contributed by atoms with Crippen LogP contribution in [0.2, 0.25) is 0 Å². The van der Waals surface area contributed by atoms with Crippen molar-refractivity contribution >= 4 is 11.8 Å². The van der Waals surface area contributed by atoms with Gasteiger partial charge in [-0.2, -0.15) is 5.26 Å². The molecule has 37 heavy (non-hydrogen) atoms. The van der Waals surface area contributed by atoms with Crippen molar-refractivity contribution in [2.75, 3.05) is 39.3 Å². The molecule has 0 spiro atoms. The molecule has 0 bridgehead atoms. The molecule has 3 fully saturated rings. The zero-order valence-corrected chi connectivity index (χ0v) is 23.4. The summed E-state index contributed by atoms with van der Waals surface area (Å²) in [5, 5.41) is 16.0. The second-order valence-corrected chi connectivity index (χ2v) is 12.4. The molecule has 4 atom stereocenters. The molecule has 4 rings (SSSR count). The first kappa shape index (κ1) is 28.1. The zero-order chi connectivity index (χ0) is 26.4. The third kappa shape index (κ3) is 7.35. The number of carbonyl (C=O) groups is 2. The number of rotatable bonds is 7. The smallest absolute Gasteiger partial charge is 0.223 e. The van der Waals surface area contributed by atoms with Crippen molar-refractivity contribution in [1.29, 1.82) is 5.26 Å². The summed E-state index contributed by atoms with van der Waals surface area (Å²) in [6.45, 7) is 12.1. The van der Waals surface area contributed by atoms with Crippen LogP contribution < -0.4 is 10.6 Å². The predicted molar refractivity (Wildman–Crippen MR) is 146 cm³/mol. The summed E-state index contributed by atoms with van der Waals surface area (Å²) < 4.78 is 0. The summed E-state index contributed by atoms with van der Waals surface area (Å²) in [4.78, 5) is 30.7. The van der Waals surface area contributed by atoms with Crippen molar-refractivity contribution < 1.29 is 9.59 Å². The highest BCUT2D eigenvalue weighted by Gasteiger charge is 2.35. The Bertz CT molecular complexity index is 843. The molecular weight excluding hydrogens is 462 g/mol. The minimum Gasteiger partial charge on any atom is -0.355 e. The summed E-state index contributed by atoms with van der Waals surface area (Å²) in [6.07, 6.45) is 11.6. The minimum absolute atomic E-state index is 0.0514. The number of amides is 2. The Balaban J connectivity index is 1.27. The molecule has 2 aliphatic carbocycles. The average Bonchev–Trinajstić information content (AvgIpc) is 2.93. The van der Waals surface area contributed by atoms with Crippen molar-refractivity contribution in [3.8, 4) is 6.07 Å². The van der Waals surface area contributed by atoms with E-state index in [-0.39, 0.29) is 17.7 Å². The molecule has 4 unspecified atom stereocenters. The van der Waals surface area contributed by atoms with Gasteiger partial charge in [0.2, 0.25) is 11.8 Å². The highest BCUT2D eigenvalue weighted by molar-refractivity contribution is 5.78. The molecule has 2 amide bonds. The Morgan fingerprint density at radius 3 is 2.46 bits per heavy atom. The fourth-order valence-corrected chi connectivity index (χ4v) is 7.12. The maximum absolute atomic E-state index is 13.3. The number of nitrogens with zero attached hydrogens (tertiary/aromatic N) is 3. The molecule has 7 heteroatoms. The number of nitrogens with one attached hydrogen (secondary N) is 2. The molecule has 1 saturated carbocycles. The average molecular weight is 512 g/mol. The predicted octanol–water partition coefficient (Wildman–Crippen LogP) is 3.92. The van der Waals surface area contributed by atoms with Crippen LogP contribution in [-0.2, 0) is 9.59 Å². The quantitative estimate of drug-likeness (QED) is 0.506. The van der Waals surface area contributed by atoms with Crippen molar-refractivity contribution in [2.24, 2.45) is 35.5 Å². The van der Waals surface area contributed by atoms with Crippen LogP contribution in [0, 0.1) is 46.8 Å². The van der Waals surface area contributed by atoms with Gasteiger partial charge in [0.05, 0.1) is 12.2 Å². The highest BCUT2D eigenvalue weighted by Crippen LogP contribution is 2.39. The van der Waals surface area contributed by atoms with Gasteiger partial charge >= 0.3 is 0 Å². The summed E-state index contributed by atoms with van der Waals surface area (Å²) >= 11 is 0. The van der Waals surface area contributed by atoms with Crippen LogP contribution in [0.4, 0.5) is 0 Å². The van der Waals surface area contributed by atoms with E-state index in [1.54, 1.807) is 0 Å². The lowest BCUT2D eigenvalue weighted by Crippen LogP contribution is -2.57. The van der Waals surface area contributed by atoms with Crippen LogP contribution in [-0.4, -0.2) is 67.0 Å². The molecule has 0 aromatic carbocycles. The molecule has 2 N–H and O–H groups in total. The van der Waals surface area contributed by atoms with E-state index in [9.17, 15) is 9.59 Å². The molecule has 4 aliphatic rings. The van der Waals surface area contributed by atoms with Crippen LogP contribution >= 0.6 is 0 Å². The largest absolute Gasteiger partial charge is 0.355 e. The van der Waals surface area contributed by atoms with Gasteiger partial charge in [0, 0.05) is 51.0 Å². The van der Waals surface area contributed by atoms with Gasteiger partial charge in [-0.1, -0.05) is 25.5 Å². The Kier molecular flexibility index (Phi) is 10.1. The normalized spacial score (nSPS) is 33.5. The zero-order valence-electron chi connectivity index (χ0n) is 23.4. The number of nitriles is 1. The first-order chi connectivity index (χ1) is 17.9. The summed E-state index contributed by atoms with van der Waals surface area (Å²) in [7, 11) is 0. The van der Waals surface area contributed by atoms with E-state index >= 15 is 0 Å². The second-order valence-electron chi connectivity index (χ2n) is 12.4. The van der Waals surface area contributed by atoms with Crippen LogP contribution in [0.15, 0.2) is 11.6 Å². The van der Waals surface area contributed by atoms with Crippen molar-refractivity contribution in [3.05, 3.63) is 11.6 Å². The standard InChI is InChI=1S/C30H49N5O2/c1-21(2)27-17-25(18-29(36)35-14-12-34(13-15-35)28-6-4-5-11-32-28)22(3)16-26(27)20-33-30(37)24-9-7-23(19-31)8-10-24/h16,21,23-28,32H,4-15,17-18,20H2,1-3H3,(H,33,37). The Morgan fingerprint density at radius 2 is 1.84 bits per heavy atom. The van der Waals surface area contributed by atoms with E-state index < -0.39 is 0 Å². The first-order valence-electron chi connectivity index (χ1n) is 15.0.